The van der Waals surface area contributed by atoms with Gasteiger partial charge in [-0.25, -0.2) is 0 Å². The molecule has 0 unspecified atom stereocenters. The van der Waals surface area contributed by atoms with E-state index in [4.69, 9.17) is 21.6 Å². The molecular formula is C18H13ClN2O. The summed E-state index contributed by atoms with van der Waals surface area (Å²) in [6, 6.07) is 16.4. The van der Waals surface area contributed by atoms with Gasteiger partial charge in [0, 0.05) is 10.6 Å². The average Bonchev–Trinajstić information content (AvgIpc) is 2.55. The molecule has 0 aromatic heterocycles. The predicted molar refractivity (Wildman–Crippen MR) is 87.3 cm³/mol. The number of nitrogens with zero attached hydrogens (tertiary/aromatic N) is 2. The van der Waals surface area contributed by atoms with Crippen LogP contribution in [0.25, 0.3) is 11.6 Å². The molecule has 0 atom stereocenters. The summed E-state index contributed by atoms with van der Waals surface area (Å²) < 4.78 is 5.55. The van der Waals surface area contributed by atoms with E-state index in [1.807, 2.05) is 6.92 Å². The third-order valence-corrected chi connectivity index (χ3v) is 3.23. The molecular weight excluding hydrogens is 296 g/mol. The first-order valence-corrected chi connectivity index (χ1v) is 7.10. The van der Waals surface area contributed by atoms with Crippen LogP contribution in [0, 0.1) is 22.7 Å². The molecule has 0 spiro atoms. The van der Waals surface area contributed by atoms with Gasteiger partial charge in [0.15, 0.2) is 0 Å². The number of hydrogen-bond donors (Lipinski definition) is 0. The predicted octanol–water partition coefficient (Wildman–Crippen LogP) is 4.67. The molecule has 0 aliphatic carbocycles. The lowest BCUT2D eigenvalue weighted by Crippen LogP contribution is -1.94. The van der Waals surface area contributed by atoms with E-state index in [1.165, 1.54) is 0 Å². The SMILES string of the molecule is CCOc1ccc(Cl)cc1/C=C(/C#N)c1cccc(C#N)c1. The van der Waals surface area contributed by atoms with Crippen LogP contribution in [-0.4, -0.2) is 6.61 Å². The van der Waals surface area contributed by atoms with Crippen LogP contribution in [0.5, 0.6) is 5.75 Å². The second kappa shape index (κ2) is 7.31. The highest BCUT2D eigenvalue weighted by atomic mass is 35.5. The highest BCUT2D eigenvalue weighted by molar-refractivity contribution is 6.30. The zero-order chi connectivity index (χ0) is 15.9. The third-order valence-electron chi connectivity index (χ3n) is 2.99. The number of benzene rings is 2. The van der Waals surface area contributed by atoms with Crippen LogP contribution < -0.4 is 4.74 Å². The van der Waals surface area contributed by atoms with Crippen molar-refractivity contribution in [3.63, 3.8) is 0 Å². The number of allylic oxidation sites excluding steroid dienone is 1. The topological polar surface area (TPSA) is 56.8 Å². The Labute approximate surface area is 134 Å². The zero-order valence-electron chi connectivity index (χ0n) is 12.0. The lowest BCUT2D eigenvalue weighted by molar-refractivity contribution is 0.339. The number of nitriles is 2. The van der Waals surface area contributed by atoms with Crippen molar-refractivity contribution < 1.29 is 4.74 Å². The summed E-state index contributed by atoms with van der Waals surface area (Å²) >= 11 is 6.03. The van der Waals surface area contributed by atoms with E-state index in [0.717, 1.165) is 5.56 Å². The normalized spacial score (nSPS) is 10.6. The maximum Gasteiger partial charge on any atom is 0.126 e. The first-order valence-electron chi connectivity index (χ1n) is 6.72. The Hall–Kier alpha value is -2.75. The number of hydrogen-bond acceptors (Lipinski definition) is 3. The van der Waals surface area contributed by atoms with E-state index in [2.05, 4.69) is 12.1 Å². The first kappa shape index (κ1) is 15.6. The summed E-state index contributed by atoms with van der Waals surface area (Å²) in [5.74, 6) is 0.663. The van der Waals surface area contributed by atoms with Gasteiger partial charge in [-0.1, -0.05) is 23.7 Å². The molecule has 0 radical (unpaired) electrons. The Morgan fingerprint density at radius 3 is 2.73 bits per heavy atom. The maximum absolute atomic E-state index is 9.42. The fourth-order valence-electron chi connectivity index (χ4n) is 2.01. The van der Waals surface area contributed by atoms with Gasteiger partial charge in [0.05, 0.1) is 29.9 Å². The molecule has 0 bridgehead atoms. The summed E-state index contributed by atoms with van der Waals surface area (Å²) in [6.45, 7) is 2.41. The smallest absolute Gasteiger partial charge is 0.126 e. The third kappa shape index (κ3) is 3.67. The molecule has 22 heavy (non-hydrogen) atoms. The lowest BCUT2D eigenvalue weighted by Gasteiger charge is -2.08. The minimum Gasteiger partial charge on any atom is -0.493 e. The highest BCUT2D eigenvalue weighted by Gasteiger charge is 2.07. The van der Waals surface area contributed by atoms with E-state index >= 15 is 0 Å². The van der Waals surface area contributed by atoms with E-state index in [1.54, 1.807) is 48.5 Å². The molecule has 0 N–H and O–H groups in total. The molecule has 108 valence electrons. The van der Waals surface area contributed by atoms with E-state index in [0.29, 0.717) is 34.1 Å². The second-order valence-electron chi connectivity index (χ2n) is 4.48. The van der Waals surface area contributed by atoms with Gasteiger partial charge < -0.3 is 4.74 Å². The second-order valence-corrected chi connectivity index (χ2v) is 4.91. The molecule has 0 fully saturated rings. The Balaban J connectivity index is 2.51. The molecule has 2 rings (SSSR count). The fraction of sp³-hybridized carbons (Fsp3) is 0.111. The van der Waals surface area contributed by atoms with Gasteiger partial charge in [-0.05, 0) is 48.9 Å². The van der Waals surface area contributed by atoms with Crippen LogP contribution in [0.15, 0.2) is 42.5 Å². The molecule has 0 saturated heterocycles. The highest BCUT2D eigenvalue weighted by Crippen LogP contribution is 2.28. The molecule has 3 nitrogen and oxygen atoms in total. The van der Waals surface area contributed by atoms with Crippen LogP contribution in [0.1, 0.15) is 23.6 Å². The van der Waals surface area contributed by atoms with Crippen LogP contribution in [0.2, 0.25) is 5.02 Å². The Bertz CT molecular complexity index is 797. The largest absolute Gasteiger partial charge is 0.493 e. The summed E-state index contributed by atoms with van der Waals surface area (Å²) in [4.78, 5) is 0. The van der Waals surface area contributed by atoms with Crippen molar-refractivity contribution in [2.75, 3.05) is 6.61 Å². The number of rotatable bonds is 4. The molecule has 2 aromatic rings. The Morgan fingerprint density at radius 1 is 1.23 bits per heavy atom. The van der Waals surface area contributed by atoms with Crippen molar-refractivity contribution in [3.8, 4) is 17.9 Å². The van der Waals surface area contributed by atoms with Gasteiger partial charge in [-0.2, -0.15) is 10.5 Å². The van der Waals surface area contributed by atoms with Gasteiger partial charge in [-0.3, -0.25) is 0 Å². The monoisotopic (exact) mass is 308 g/mol. The van der Waals surface area contributed by atoms with Crippen LogP contribution in [0.4, 0.5) is 0 Å². The van der Waals surface area contributed by atoms with Crippen molar-refractivity contribution >= 4 is 23.3 Å². The molecule has 0 heterocycles. The Kier molecular flexibility index (Phi) is 5.20. The average molecular weight is 309 g/mol. The quantitative estimate of drug-likeness (QED) is 0.609. The molecule has 0 aliphatic rings. The van der Waals surface area contributed by atoms with Crippen molar-refractivity contribution in [1.29, 1.82) is 10.5 Å². The van der Waals surface area contributed by atoms with Crippen LogP contribution in [0.3, 0.4) is 0 Å². The van der Waals surface area contributed by atoms with Gasteiger partial charge in [0.25, 0.3) is 0 Å². The van der Waals surface area contributed by atoms with Crippen molar-refractivity contribution in [1.82, 2.24) is 0 Å². The molecule has 2 aromatic carbocycles. The van der Waals surface area contributed by atoms with E-state index in [9.17, 15) is 5.26 Å². The standard InChI is InChI=1S/C18H13ClN2O/c1-2-22-18-7-6-17(19)10-15(18)9-16(12-21)14-5-3-4-13(8-14)11-20/h3-10H,2H2,1H3/b16-9-. The summed E-state index contributed by atoms with van der Waals surface area (Å²) in [5, 5.41) is 19.0. The van der Waals surface area contributed by atoms with Gasteiger partial charge in [-0.15, -0.1) is 0 Å². The first-order chi connectivity index (χ1) is 10.7. The summed E-state index contributed by atoms with van der Waals surface area (Å²) in [6.07, 6.45) is 1.72. The van der Waals surface area contributed by atoms with Crippen molar-refractivity contribution in [2.45, 2.75) is 6.92 Å². The Morgan fingerprint density at radius 2 is 2.05 bits per heavy atom. The lowest BCUT2D eigenvalue weighted by atomic mass is 10.0. The van der Waals surface area contributed by atoms with Gasteiger partial charge >= 0.3 is 0 Å². The molecule has 0 aliphatic heterocycles. The molecule has 0 saturated carbocycles. The van der Waals surface area contributed by atoms with E-state index < -0.39 is 0 Å². The molecule has 4 heteroatoms. The number of ether oxygens (including phenoxy) is 1. The van der Waals surface area contributed by atoms with E-state index in [-0.39, 0.29) is 0 Å². The van der Waals surface area contributed by atoms with Crippen LogP contribution in [-0.2, 0) is 0 Å². The summed E-state index contributed by atoms with van der Waals surface area (Å²) in [5.41, 5.74) is 2.37. The zero-order valence-corrected chi connectivity index (χ0v) is 12.8. The van der Waals surface area contributed by atoms with Crippen molar-refractivity contribution in [3.05, 3.63) is 64.2 Å². The van der Waals surface area contributed by atoms with Crippen molar-refractivity contribution in [2.24, 2.45) is 0 Å². The number of halogens is 1. The summed E-state index contributed by atoms with van der Waals surface area (Å²) in [7, 11) is 0. The van der Waals surface area contributed by atoms with Gasteiger partial charge in [0.2, 0.25) is 0 Å². The molecule has 0 amide bonds. The fourth-order valence-corrected chi connectivity index (χ4v) is 2.19. The minimum absolute atomic E-state index is 0.445. The van der Waals surface area contributed by atoms with Gasteiger partial charge in [0.1, 0.15) is 5.75 Å². The van der Waals surface area contributed by atoms with Crippen LogP contribution >= 0.6 is 11.6 Å². The minimum atomic E-state index is 0.445. The maximum atomic E-state index is 9.42.